The molecule has 6 nitrogen and oxygen atoms in total. The van der Waals surface area contributed by atoms with Crippen molar-refractivity contribution in [2.45, 2.75) is 0 Å². The lowest BCUT2D eigenvalue weighted by atomic mass is 10.2. The smallest absolute Gasteiger partial charge is 0.260 e. The molecule has 3 N–H and O–H groups in total. The number of nitrogens with zero attached hydrogens (tertiary/aromatic N) is 1. The predicted molar refractivity (Wildman–Crippen MR) is 60.9 cm³/mol. The molecule has 0 aliphatic carbocycles. The summed E-state index contributed by atoms with van der Waals surface area (Å²) in [5, 5.41) is 12.0. The molecule has 0 radical (unpaired) electrons. The van der Waals surface area contributed by atoms with Crippen LogP contribution in [0.4, 0.5) is 5.69 Å². The number of carbonyl (C=O) groups excluding carboxylic acids is 1. The molecule has 0 aliphatic heterocycles. The predicted octanol–water partition coefficient (Wildman–Crippen LogP) is 0.728. The molecule has 0 unspecified atom stereocenters. The topological polar surface area (TPSA) is 95.1 Å². The fourth-order valence-electron chi connectivity index (χ4n) is 1.28. The Morgan fingerprint density at radius 1 is 1.47 bits per heavy atom. The van der Waals surface area contributed by atoms with Gasteiger partial charge < -0.3 is 15.4 Å². The molecule has 0 spiro atoms. The van der Waals surface area contributed by atoms with Gasteiger partial charge >= 0.3 is 0 Å². The first kappa shape index (κ1) is 10.9. The highest BCUT2D eigenvalue weighted by Crippen LogP contribution is 2.14. The number of aromatic amines is 1. The summed E-state index contributed by atoms with van der Waals surface area (Å²) < 4.78 is 0. The second-order valence-corrected chi connectivity index (χ2v) is 3.29. The lowest BCUT2D eigenvalue weighted by Crippen LogP contribution is -2.15. The van der Waals surface area contributed by atoms with Gasteiger partial charge in [0.1, 0.15) is 5.75 Å². The van der Waals surface area contributed by atoms with Crippen molar-refractivity contribution < 1.29 is 9.90 Å². The van der Waals surface area contributed by atoms with Crippen LogP contribution in [-0.4, -0.2) is 21.0 Å². The molecule has 86 valence electrons. The van der Waals surface area contributed by atoms with Gasteiger partial charge in [-0.3, -0.25) is 14.6 Å². The average Bonchev–Trinajstić information content (AvgIpc) is 2.30. The second-order valence-electron chi connectivity index (χ2n) is 3.29. The lowest BCUT2D eigenvalue weighted by Gasteiger charge is -2.05. The molecule has 0 fully saturated rings. The molecule has 2 heterocycles. The number of hydrogen-bond acceptors (Lipinski definition) is 4. The summed E-state index contributed by atoms with van der Waals surface area (Å²) in [5.74, 6) is -0.887. The maximum atomic E-state index is 11.7. The highest BCUT2D eigenvalue weighted by atomic mass is 16.3. The Kier molecular flexibility index (Phi) is 2.87. The van der Waals surface area contributed by atoms with E-state index in [-0.39, 0.29) is 11.3 Å². The Bertz CT molecular complexity index is 592. The van der Waals surface area contributed by atoms with E-state index < -0.39 is 11.5 Å². The van der Waals surface area contributed by atoms with E-state index >= 15 is 0 Å². The summed E-state index contributed by atoms with van der Waals surface area (Å²) in [6.45, 7) is 0. The van der Waals surface area contributed by atoms with Crippen molar-refractivity contribution in [3.05, 3.63) is 52.7 Å². The molecular formula is C11H9N3O3. The zero-order valence-corrected chi connectivity index (χ0v) is 8.68. The minimum Gasteiger partial charge on any atom is -0.507 e. The molecule has 0 aromatic carbocycles. The van der Waals surface area contributed by atoms with Crippen LogP contribution in [0.25, 0.3) is 0 Å². The summed E-state index contributed by atoms with van der Waals surface area (Å²) in [4.78, 5) is 28.7. The van der Waals surface area contributed by atoms with Gasteiger partial charge in [-0.2, -0.15) is 0 Å². The van der Waals surface area contributed by atoms with E-state index in [0.29, 0.717) is 5.69 Å². The monoisotopic (exact) mass is 231 g/mol. The van der Waals surface area contributed by atoms with E-state index in [1.54, 1.807) is 18.3 Å². The van der Waals surface area contributed by atoms with Crippen molar-refractivity contribution in [2.24, 2.45) is 0 Å². The number of rotatable bonds is 2. The lowest BCUT2D eigenvalue weighted by molar-refractivity contribution is 0.102. The number of amides is 1. The maximum absolute atomic E-state index is 11.7. The number of nitrogens with one attached hydrogen (secondary N) is 2. The first-order valence-electron chi connectivity index (χ1n) is 4.80. The molecule has 0 aliphatic rings. The number of anilines is 1. The molecule has 6 heteroatoms. The minimum absolute atomic E-state index is 0.00606. The van der Waals surface area contributed by atoms with E-state index in [1.807, 2.05) is 0 Å². The van der Waals surface area contributed by atoms with Crippen LogP contribution < -0.4 is 10.9 Å². The largest absolute Gasteiger partial charge is 0.507 e. The highest BCUT2D eigenvalue weighted by Gasteiger charge is 2.11. The third-order valence-corrected chi connectivity index (χ3v) is 2.07. The number of carbonyl (C=O) groups is 1. The highest BCUT2D eigenvalue weighted by molar-refractivity contribution is 6.05. The molecule has 2 aromatic rings. The van der Waals surface area contributed by atoms with E-state index in [4.69, 9.17) is 0 Å². The zero-order valence-electron chi connectivity index (χ0n) is 8.68. The van der Waals surface area contributed by atoms with E-state index in [2.05, 4.69) is 15.3 Å². The molecule has 2 rings (SSSR count). The number of aromatic nitrogens is 2. The zero-order chi connectivity index (χ0) is 12.3. The molecule has 0 saturated carbocycles. The van der Waals surface area contributed by atoms with Gasteiger partial charge in [0.15, 0.2) is 0 Å². The Morgan fingerprint density at radius 2 is 2.29 bits per heavy atom. The van der Waals surface area contributed by atoms with Crippen LogP contribution in [0.2, 0.25) is 0 Å². The summed E-state index contributed by atoms with van der Waals surface area (Å²) in [6.07, 6.45) is 4.21. The van der Waals surface area contributed by atoms with Gasteiger partial charge in [0, 0.05) is 18.5 Å². The van der Waals surface area contributed by atoms with E-state index in [0.717, 1.165) is 12.3 Å². The summed E-state index contributed by atoms with van der Waals surface area (Å²) in [6, 6.07) is 4.27. The Labute approximate surface area is 96.0 Å². The number of hydrogen-bond donors (Lipinski definition) is 3. The van der Waals surface area contributed by atoms with Gasteiger partial charge in [-0.25, -0.2) is 0 Å². The standard InChI is InChI=1S/C11H9N3O3/c15-9-4-10(16)13-6-8(9)11(17)14-7-2-1-3-12-5-7/h1-6H,(H,14,17)(H2,13,15,16). The van der Waals surface area contributed by atoms with Crippen molar-refractivity contribution in [3.63, 3.8) is 0 Å². The first-order valence-corrected chi connectivity index (χ1v) is 4.80. The van der Waals surface area contributed by atoms with Crippen LogP contribution in [0.5, 0.6) is 5.75 Å². The minimum atomic E-state index is -0.522. The Balaban J connectivity index is 2.24. The van der Waals surface area contributed by atoms with Crippen molar-refractivity contribution in [2.75, 3.05) is 5.32 Å². The third kappa shape index (κ3) is 2.49. The van der Waals surface area contributed by atoms with Crippen molar-refractivity contribution in [3.8, 4) is 5.75 Å². The number of aromatic hydroxyl groups is 1. The quantitative estimate of drug-likeness (QED) is 0.709. The van der Waals surface area contributed by atoms with Gasteiger partial charge in [-0.15, -0.1) is 0 Å². The van der Waals surface area contributed by atoms with Crippen LogP contribution in [0.3, 0.4) is 0 Å². The number of pyridine rings is 2. The fourth-order valence-corrected chi connectivity index (χ4v) is 1.28. The molecule has 0 bridgehead atoms. The summed E-state index contributed by atoms with van der Waals surface area (Å²) >= 11 is 0. The normalized spacial score (nSPS) is 9.88. The van der Waals surface area contributed by atoms with Gasteiger partial charge in [0.05, 0.1) is 17.4 Å². The first-order chi connectivity index (χ1) is 8.16. The Morgan fingerprint density at radius 3 is 2.94 bits per heavy atom. The van der Waals surface area contributed by atoms with Crippen LogP contribution in [-0.2, 0) is 0 Å². The van der Waals surface area contributed by atoms with Crippen molar-refractivity contribution in [1.29, 1.82) is 0 Å². The van der Waals surface area contributed by atoms with Crippen molar-refractivity contribution in [1.82, 2.24) is 9.97 Å². The van der Waals surface area contributed by atoms with Crippen LogP contribution in [0.15, 0.2) is 41.6 Å². The van der Waals surface area contributed by atoms with Crippen LogP contribution in [0.1, 0.15) is 10.4 Å². The van der Waals surface area contributed by atoms with Gasteiger partial charge in [0.25, 0.3) is 11.5 Å². The summed E-state index contributed by atoms with van der Waals surface area (Å²) in [7, 11) is 0. The maximum Gasteiger partial charge on any atom is 0.260 e. The van der Waals surface area contributed by atoms with Gasteiger partial charge in [-0.1, -0.05) is 0 Å². The van der Waals surface area contributed by atoms with Gasteiger partial charge in [0.2, 0.25) is 0 Å². The summed E-state index contributed by atoms with van der Waals surface area (Å²) in [5.41, 5.74) is 0.0250. The molecular weight excluding hydrogens is 222 g/mol. The Hall–Kier alpha value is -2.63. The number of H-pyrrole nitrogens is 1. The molecule has 0 saturated heterocycles. The van der Waals surface area contributed by atoms with E-state index in [1.165, 1.54) is 6.20 Å². The second kappa shape index (κ2) is 4.48. The fraction of sp³-hybridized carbons (Fsp3) is 0. The molecule has 2 aromatic heterocycles. The average molecular weight is 231 g/mol. The molecule has 17 heavy (non-hydrogen) atoms. The third-order valence-electron chi connectivity index (χ3n) is 2.07. The molecule has 0 atom stereocenters. The van der Waals surface area contributed by atoms with Crippen LogP contribution in [0, 0.1) is 0 Å². The SMILES string of the molecule is O=C(Nc1cccnc1)c1c[nH]c(=O)cc1O. The van der Waals surface area contributed by atoms with Crippen molar-refractivity contribution >= 4 is 11.6 Å². The van der Waals surface area contributed by atoms with Crippen LogP contribution >= 0.6 is 0 Å². The molecule has 1 amide bonds. The van der Waals surface area contributed by atoms with Gasteiger partial charge in [-0.05, 0) is 12.1 Å². The van der Waals surface area contributed by atoms with E-state index in [9.17, 15) is 14.7 Å².